The Hall–Kier alpha value is -1.95. The van der Waals surface area contributed by atoms with Gasteiger partial charge >= 0.3 is 6.18 Å². The topological polar surface area (TPSA) is 12.0 Å². The maximum Gasteiger partial charge on any atom is 0.416 e. The van der Waals surface area contributed by atoms with Gasteiger partial charge in [-0.15, -0.1) is 0 Å². The highest BCUT2D eigenvalue weighted by Gasteiger charge is 2.35. The molecule has 0 aliphatic rings. The molecule has 0 radical (unpaired) electrons. The van der Waals surface area contributed by atoms with Crippen LogP contribution in [0.3, 0.4) is 0 Å². The zero-order valence-corrected chi connectivity index (χ0v) is 11.0. The summed E-state index contributed by atoms with van der Waals surface area (Å²) in [7, 11) is 1.43. The average molecular weight is 301 g/mol. The summed E-state index contributed by atoms with van der Waals surface area (Å²) in [5.41, 5.74) is -0.947. The van der Waals surface area contributed by atoms with Gasteiger partial charge in [-0.2, -0.15) is 13.2 Å². The Kier molecular flexibility index (Phi) is 4.27. The van der Waals surface area contributed by atoms with Crippen molar-refractivity contribution in [3.63, 3.8) is 0 Å². The fourth-order valence-electron chi connectivity index (χ4n) is 2.22. The van der Waals surface area contributed by atoms with Gasteiger partial charge in [0.1, 0.15) is 11.6 Å². The average Bonchev–Trinajstić information content (AvgIpc) is 2.38. The highest BCUT2D eigenvalue weighted by Crippen LogP contribution is 2.36. The molecule has 0 heterocycles. The smallest absolute Gasteiger partial charge is 0.309 e. The van der Waals surface area contributed by atoms with E-state index in [0.717, 1.165) is 18.2 Å². The van der Waals surface area contributed by atoms with Gasteiger partial charge in [-0.25, -0.2) is 8.78 Å². The lowest BCUT2D eigenvalue weighted by molar-refractivity contribution is -0.138. The Morgan fingerprint density at radius 1 is 0.952 bits per heavy atom. The molecule has 6 heteroatoms. The Morgan fingerprint density at radius 3 is 2.19 bits per heavy atom. The third kappa shape index (κ3) is 3.39. The van der Waals surface area contributed by atoms with Gasteiger partial charge in [-0.05, 0) is 48.5 Å². The summed E-state index contributed by atoms with van der Waals surface area (Å²) in [6.07, 6.45) is -4.62. The molecule has 0 fully saturated rings. The summed E-state index contributed by atoms with van der Waals surface area (Å²) in [4.78, 5) is 0. The van der Waals surface area contributed by atoms with E-state index in [2.05, 4.69) is 5.32 Å². The zero-order chi connectivity index (χ0) is 15.6. The summed E-state index contributed by atoms with van der Waals surface area (Å²) < 4.78 is 65.8. The van der Waals surface area contributed by atoms with Crippen molar-refractivity contribution in [1.29, 1.82) is 0 Å². The molecular weight excluding hydrogens is 289 g/mol. The molecule has 112 valence electrons. The van der Waals surface area contributed by atoms with Crippen molar-refractivity contribution >= 4 is 0 Å². The molecule has 0 aliphatic heterocycles. The fraction of sp³-hybridized carbons (Fsp3) is 0.200. The van der Waals surface area contributed by atoms with Crippen molar-refractivity contribution in [2.75, 3.05) is 7.05 Å². The third-order valence-electron chi connectivity index (χ3n) is 3.10. The Balaban J connectivity index is 2.59. The first kappa shape index (κ1) is 15.4. The molecule has 1 N–H and O–H groups in total. The molecule has 1 nitrogen and oxygen atoms in total. The summed E-state index contributed by atoms with van der Waals surface area (Å²) in [6.45, 7) is 0. The van der Waals surface area contributed by atoms with Gasteiger partial charge in [-0.1, -0.05) is 12.1 Å². The van der Waals surface area contributed by atoms with E-state index in [1.807, 2.05) is 0 Å². The van der Waals surface area contributed by atoms with E-state index in [-0.39, 0.29) is 11.1 Å². The van der Waals surface area contributed by atoms with Crippen LogP contribution in [0.1, 0.15) is 22.7 Å². The van der Waals surface area contributed by atoms with Gasteiger partial charge in [0.25, 0.3) is 0 Å². The van der Waals surface area contributed by atoms with Crippen LogP contribution in [0.15, 0.2) is 42.5 Å². The minimum atomic E-state index is -4.62. The quantitative estimate of drug-likeness (QED) is 0.834. The molecule has 1 unspecified atom stereocenters. The van der Waals surface area contributed by atoms with Crippen molar-refractivity contribution < 1.29 is 22.0 Å². The summed E-state index contributed by atoms with van der Waals surface area (Å²) in [5.74, 6) is -1.35. The van der Waals surface area contributed by atoms with Crippen molar-refractivity contribution in [2.24, 2.45) is 0 Å². The molecule has 0 aromatic heterocycles. The van der Waals surface area contributed by atoms with Crippen molar-refractivity contribution in [3.8, 4) is 0 Å². The number of hydrogen-bond acceptors (Lipinski definition) is 1. The zero-order valence-electron chi connectivity index (χ0n) is 11.0. The number of benzene rings is 2. The molecule has 0 saturated heterocycles. The molecule has 0 saturated carbocycles. The minimum Gasteiger partial charge on any atom is -0.309 e. The first-order valence-corrected chi connectivity index (χ1v) is 6.12. The van der Waals surface area contributed by atoms with Crippen LogP contribution in [0.25, 0.3) is 0 Å². The van der Waals surface area contributed by atoms with Crippen LogP contribution in [0, 0.1) is 11.6 Å². The number of rotatable bonds is 3. The lowest BCUT2D eigenvalue weighted by Crippen LogP contribution is -2.22. The van der Waals surface area contributed by atoms with Crippen LogP contribution >= 0.6 is 0 Å². The van der Waals surface area contributed by atoms with E-state index in [9.17, 15) is 22.0 Å². The molecule has 2 aromatic rings. The second kappa shape index (κ2) is 5.81. The van der Waals surface area contributed by atoms with Crippen LogP contribution in [-0.2, 0) is 6.18 Å². The Morgan fingerprint density at radius 2 is 1.62 bits per heavy atom. The highest BCUT2D eigenvalue weighted by molar-refractivity contribution is 5.39. The van der Waals surface area contributed by atoms with E-state index in [0.29, 0.717) is 6.07 Å². The van der Waals surface area contributed by atoms with Crippen LogP contribution in [0.4, 0.5) is 22.0 Å². The van der Waals surface area contributed by atoms with Gasteiger partial charge in [0.05, 0.1) is 11.6 Å². The minimum absolute atomic E-state index is 0.282. The molecule has 2 rings (SSSR count). The van der Waals surface area contributed by atoms with Gasteiger partial charge in [-0.3, -0.25) is 0 Å². The van der Waals surface area contributed by atoms with Gasteiger partial charge in [0.2, 0.25) is 0 Å². The number of alkyl halides is 3. The maximum atomic E-state index is 13.4. The van der Waals surface area contributed by atoms with Crippen molar-refractivity contribution in [2.45, 2.75) is 12.2 Å². The normalized spacial score (nSPS) is 13.2. The van der Waals surface area contributed by atoms with Crippen LogP contribution < -0.4 is 5.32 Å². The predicted octanol–water partition coefficient (Wildman–Crippen LogP) is 4.29. The predicted molar refractivity (Wildman–Crippen MR) is 68.7 cm³/mol. The fourth-order valence-corrected chi connectivity index (χ4v) is 2.22. The maximum absolute atomic E-state index is 13.4. The summed E-state index contributed by atoms with van der Waals surface area (Å²) in [5, 5.41) is 2.67. The van der Waals surface area contributed by atoms with Crippen molar-refractivity contribution in [3.05, 3.63) is 70.8 Å². The summed E-state index contributed by atoms with van der Waals surface area (Å²) in [6, 6.07) is 6.47. The first-order chi connectivity index (χ1) is 9.82. The largest absolute Gasteiger partial charge is 0.416 e. The molecule has 0 bridgehead atoms. The van der Waals surface area contributed by atoms with Crippen LogP contribution in [-0.4, -0.2) is 7.05 Å². The van der Waals surface area contributed by atoms with E-state index in [1.165, 1.54) is 25.2 Å². The van der Waals surface area contributed by atoms with Gasteiger partial charge < -0.3 is 5.32 Å². The van der Waals surface area contributed by atoms with E-state index in [4.69, 9.17) is 0 Å². The monoisotopic (exact) mass is 301 g/mol. The first-order valence-electron chi connectivity index (χ1n) is 6.12. The number of halogens is 5. The van der Waals surface area contributed by atoms with E-state index in [1.54, 1.807) is 0 Å². The summed E-state index contributed by atoms with van der Waals surface area (Å²) >= 11 is 0. The molecule has 1 atom stereocenters. The van der Waals surface area contributed by atoms with Crippen LogP contribution in [0.2, 0.25) is 0 Å². The van der Waals surface area contributed by atoms with Gasteiger partial charge in [0, 0.05) is 0 Å². The molecule has 0 spiro atoms. The molecule has 21 heavy (non-hydrogen) atoms. The van der Waals surface area contributed by atoms with Crippen molar-refractivity contribution in [1.82, 2.24) is 5.32 Å². The molecular formula is C15H12F5N. The van der Waals surface area contributed by atoms with E-state index >= 15 is 0 Å². The highest BCUT2D eigenvalue weighted by atomic mass is 19.4. The third-order valence-corrected chi connectivity index (χ3v) is 3.10. The second-order valence-corrected chi connectivity index (χ2v) is 4.51. The van der Waals surface area contributed by atoms with E-state index < -0.39 is 29.4 Å². The standard InChI is InChI=1S/C15H12F5N/c1-21-14(9-3-2-4-10(16)7-9)12-8-11(17)5-6-13(12)15(18,19)20/h2-8,14,21H,1H3. The SMILES string of the molecule is CNC(c1cccc(F)c1)c1cc(F)ccc1C(F)(F)F. The second-order valence-electron chi connectivity index (χ2n) is 4.51. The Labute approximate surface area is 118 Å². The van der Waals surface area contributed by atoms with Gasteiger partial charge in [0.15, 0.2) is 0 Å². The lowest BCUT2D eigenvalue weighted by atomic mass is 9.94. The molecule has 0 amide bonds. The van der Waals surface area contributed by atoms with Crippen LogP contribution in [0.5, 0.6) is 0 Å². The lowest BCUT2D eigenvalue weighted by Gasteiger charge is -2.22. The number of nitrogens with one attached hydrogen (secondary N) is 1. The molecule has 2 aromatic carbocycles. The Bertz CT molecular complexity index is 636. The number of hydrogen-bond donors (Lipinski definition) is 1. The molecule has 0 aliphatic carbocycles.